The normalized spacial score (nSPS) is 29.6. The number of hydrogen-bond acceptors (Lipinski definition) is 5. The van der Waals surface area contributed by atoms with Crippen LogP contribution in [0.1, 0.15) is 71.8 Å². The van der Waals surface area contributed by atoms with E-state index in [4.69, 9.17) is 9.47 Å². The van der Waals surface area contributed by atoms with Crippen LogP contribution in [0.3, 0.4) is 0 Å². The van der Waals surface area contributed by atoms with E-state index >= 15 is 0 Å². The van der Waals surface area contributed by atoms with Gasteiger partial charge in [-0.25, -0.2) is 0 Å². The van der Waals surface area contributed by atoms with Gasteiger partial charge in [0, 0.05) is 24.4 Å². The average Bonchev–Trinajstić information content (AvgIpc) is 3.12. The van der Waals surface area contributed by atoms with Crippen molar-refractivity contribution in [3.63, 3.8) is 0 Å². The van der Waals surface area contributed by atoms with E-state index in [1.165, 1.54) is 0 Å². The van der Waals surface area contributed by atoms with Gasteiger partial charge in [0.2, 0.25) is 5.91 Å². The second-order valence-corrected chi connectivity index (χ2v) is 11.0. The van der Waals surface area contributed by atoms with Crippen LogP contribution in [0, 0.1) is 16.7 Å². The number of aliphatic hydroxyl groups excluding tert-OH is 2. The van der Waals surface area contributed by atoms with Crippen LogP contribution in [0.15, 0.2) is 18.2 Å². The molecule has 1 aliphatic heterocycles. The Labute approximate surface area is 192 Å². The summed E-state index contributed by atoms with van der Waals surface area (Å²) in [5.41, 5.74) is 0.830. The van der Waals surface area contributed by atoms with Crippen molar-refractivity contribution in [2.24, 2.45) is 16.7 Å². The molecule has 1 saturated carbocycles. The summed E-state index contributed by atoms with van der Waals surface area (Å²) in [4.78, 5) is 13.8. The van der Waals surface area contributed by atoms with Crippen LogP contribution < -0.4 is 9.47 Å². The summed E-state index contributed by atoms with van der Waals surface area (Å²) < 4.78 is 12.0. The molecule has 32 heavy (non-hydrogen) atoms. The smallest absolute Gasteiger partial charge is 0.248 e. The topological polar surface area (TPSA) is 79.2 Å². The van der Waals surface area contributed by atoms with Gasteiger partial charge in [0.15, 0.2) is 11.5 Å². The Morgan fingerprint density at radius 1 is 1.22 bits per heavy atom. The minimum Gasteiger partial charge on any atom is -0.493 e. The Balaban J connectivity index is 1.82. The first-order valence-electron chi connectivity index (χ1n) is 11.9. The molecule has 1 aromatic rings. The van der Waals surface area contributed by atoms with Gasteiger partial charge in [-0.3, -0.25) is 4.79 Å². The molecule has 3 rings (SSSR count). The second-order valence-electron chi connectivity index (χ2n) is 11.0. The summed E-state index contributed by atoms with van der Waals surface area (Å²) in [6, 6.07) is 5.94. The van der Waals surface area contributed by atoms with Crippen molar-refractivity contribution in [1.29, 1.82) is 0 Å². The van der Waals surface area contributed by atoms with Gasteiger partial charge in [-0.05, 0) is 61.6 Å². The Kier molecular flexibility index (Phi) is 7.45. The molecule has 1 aromatic carbocycles. The molecule has 1 heterocycles. The van der Waals surface area contributed by atoms with E-state index in [9.17, 15) is 15.0 Å². The fourth-order valence-electron chi connectivity index (χ4n) is 5.44. The number of likely N-dealkylation sites (tertiary alicyclic amines) is 1. The summed E-state index contributed by atoms with van der Waals surface area (Å²) in [5, 5.41) is 19.9. The molecule has 0 aromatic heterocycles. The fourth-order valence-corrected chi connectivity index (χ4v) is 5.44. The molecule has 6 heteroatoms. The molecular formula is C26H41NO5. The number of aliphatic hydroxyl groups is 2. The summed E-state index contributed by atoms with van der Waals surface area (Å²) in [6.45, 7) is 11.1. The minimum atomic E-state index is -0.608. The minimum absolute atomic E-state index is 0.0668. The zero-order chi connectivity index (χ0) is 23.7. The van der Waals surface area contributed by atoms with Gasteiger partial charge < -0.3 is 24.6 Å². The van der Waals surface area contributed by atoms with Gasteiger partial charge in [-0.15, -0.1) is 0 Å². The van der Waals surface area contributed by atoms with Crippen LogP contribution in [0.25, 0.3) is 0 Å². The fraction of sp³-hybridized carbons (Fsp3) is 0.731. The predicted octanol–water partition coefficient (Wildman–Crippen LogP) is 3.98. The number of nitrogens with zero attached hydrogens (tertiary/aromatic N) is 1. The molecule has 1 aliphatic carbocycles. The lowest BCUT2D eigenvalue weighted by molar-refractivity contribution is -0.133. The van der Waals surface area contributed by atoms with Crippen LogP contribution in [-0.4, -0.2) is 60.0 Å². The van der Waals surface area contributed by atoms with E-state index in [0.29, 0.717) is 24.3 Å². The molecule has 3 atom stereocenters. The summed E-state index contributed by atoms with van der Waals surface area (Å²) in [7, 11) is 1.65. The molecule has 2 N–H and O–H groups in total. The van der Waals surface area contributed by atoms with Crippen molar-refractivity contribution in [2.75, 3.05) is 26.8 Å². The molecule has 0 bridgehead atoms. The maximum Gasteiger partial charge on any atom is 0.248 e. The number of carbonyl (C=O) groups excluding carboxylic acids is 1. The van der Waals surface area contributed by atoms with Crippen molar-refractivity contribution in [1.82, 2.24) is 4.90 Å². The number of methoxy groups -OCH3 is 1. The highest BCUT2D eigenvalue weighted by Gasteiger charge is 2.48. The molecule has 1 amide bonds. The third-order valence-electron chi connectivity index (χ3n) is 7.96. The highest BCUT2D eigenvalue weighted by molar-refractivity contribution is 5.77. The standard InChI is InChI=1S/C26H41NO5/c1-17(29)26(5)16-27(24(30)15-28)14-21(26)18-7-12-22(31-6)23(13-18)32-20-10-8-19(9-11-20)25(2,3)4/h7,12-13,17,19-21,28-29H,8-11,14-16H2,1-6H3/t17-,19?,20?,21?,26?/m1/s1. The number of rotatable bonds is 6. The van der Waals surface area contributed by atoms with Crippen LogP contribution in [-0.2, 0) is 4.79 Å². The van der Waals surface area contributed by atoms with Gasteiger partial charge in [-0.2, -0.15) is 0 Å². The van der Waals surface area contributed by atoms with Crippen molar-refractivity contribution in [3.8, 4) is 11.5 Å². The molecule has 2 fully saturated rings. The van der Waals surface area contributed by atoms with E-state index in [1.54, 1.807) is 18.9 Å². The quantitative estimate of drug-likeness (QED) is 0.690. The molecule has 1 saturated heterocycles. The zero-order valence-corrected chi connectivity index (χ0v) is 20.6. The highest BCUT2D eigenvalue weighted by Crippen LogP contribution is 2.47. The van der Waals surface area contributed by atoms with E-state index in [0.717, 1.165) is 42.9 Å². The van der Waals surface area contributed by atoms with Crippen LogP contribution in [0.5, 0.6) is 11.5 Å². The summed E-state index contributed by atoms with van der Waals surface area (Å²) in [6.07, 6.45) is 3.94. The Hall–Kier alpha value is -1.79. The van der Waals surface area contributed by atoms with Crippen LogP contribution in [0.2, 0.25) is 0 Å². The predicted molar refractivity (Wildman–Crippen MR) is 125 cm³/mol. The Morgan fingerprint density at radius 3 is 2.41 bits per heavy atom. The zero-order valence-electron chi connectivity index (χ0n) is 20.6. The molecule has 180 valence electrons. The third-order valence-corrected chi connectivity index (χ3v) is 7.96. The molecule has 2 aliphatic rings. The number of hydrogen-bond donors (Lipinski definition) is 2. The Bertz CT molecular complexity index is 794. The van der Waals surface area contributed by atoms with Crippen molar-refractivity contribution >= 4 is 5.91 Å². The van der Waals surface area contributed by atoms with Crippen molar-refractivity contribution in [2.45, 2.75) is 78.4 Å². The first-order chi connectivity index (χ1) is 15.0. The number of ether oxygens (including phenoxy) is 2. The van der Waals surface area contributed by atoms with Crippen molar-refractivity contribution in [3.05, 3.63) is 23.8 Å². The third kappa shape index (κ3) is 5.07. The average molecular weight is 448 g/mol. The molecule has 0 radical (unpaired) electrons. The first kappa shape index (κ1) is 24.8. The van der Waals surface area contributed by atoms with Gasteiger partial charge in [-0.1, -0.05) is 33.8 Å². The number of carbonyl (C=O) groups is 1. The van der Waals surface area contributed by atoms with Gasteiger partial charge in [0.05, 0.1) is 19.3 Å². The first-order valence-corrected chi connectivity index (χ1v) is 11.9. The van der Waals surface area contributed by atoms with E-state index in [-0.39, 0.29) is 17.9 Å². The maximum atomic E-state index is 12.2. The van der Waals surface area contributed by atoms with Crippen LogP contribution >= 0.6 is 0 Å². The summed E-state index contributed by atoms with van der Waals surface area (Å²) >= 11 is 0. The highest BCUT2D eigenvalue weighted by atomic mass is 16.5. The number of benzene rings is 1. The SMILES string of the molecule is COc1ccc(C2CN(C(=O)CO)CC2(C)[C@@H](C)O)cc1OC1CCC(C(C)(C)C)CC1. The van der Waals surface area contributed by atoms with Gasteiger partial charge >= 0.3 is 0 Å². The lowest BCUT2D eigenvalue weighted by atomic mass is 9.72. The van der Waals surface area contributed by atoms with E-state index < -0.39 is 18.1 Å². The number of amides is 1. The Morgan fingerprint density at radius 2 is 1.88 bits per heavy atom. The molecule has 6 nitrogen and oxygen atoms in total. The van der Waals surface area contributed by atoms with Crippen LogP contribution in [0.4, 0.5) is 0 Å². The van der Waals surface area contributed by atoms with E-state index in [2.05, 4.69) is 20.8 Å². The molecular weight excluding hydrogens is 406 g/mol. The lowest BCUT2D eigenvalue weighted by Gasteiger charge is -2.37. The molecule has 0 spiro atoms. The van der Waals surface area contributed by atoms with E-state index in [1.807, 2.05) is 25.1 Å². The monoisotopic (exact) mass is 447 g/mol. The molecule has 2 unspecified atom stereocenters. The largest absolute Gasteiger partial charge is 0.493 e. The maximum absolute atomic E-state index is 12.2. The van der Waals surface area contributed by atoms with Gasteiger partial charge in [0.25, 0.3) is 0 Å². The van der Waals surface area contributed by atoms with Gasteiger partial charge in [0.1, 0.15) is 6.61 Å². The second kappa shape index (κ2) is 9.60. The van der Waals surface area contributed by atoms with Crippen molar-refractivity contribution < 1.29 is 24.5 Å². The summed E-state index contributed by atoms with van der Waals surface area (Å²) in [5.74, 6) is 1.77. The lowest BCUT2D eigenvalue weighted by Crippen LogP contribution is -2.38.